The highest BCUT2D eigenvalue weighted by Gasteiger charge is 2.17. The molecule has 2 aromatic rings. The monoisotopic (exact) mass is 325 g/mol. The normalized spacial score (nSPS) is 16.2. The Bertz CT molecular complexity index is 634. The molecule has 128 valence electrons. The molecule has 1 fully saturated rings. The lowest BCUT2D eigenvalue weighted by molar-refractivity contribution is 0.122. The Labute approximate surface area is 145 Å². The second-order valence-corrected chi connectivity index (χ2v) is 6.43. The molecule has 0 bridgehead atoms. The summed E-state index contributed by atoms with van der Waals surface area (Å²) in [6, 6.07) is 10.6. The van der Waals surface area contributed by atoms with Gasteiger partial charge in [-0.1, -0.05) is 12.1 Å². The van der Waals surface area contributed by atoms with Crippen LogP contribution in [0.15, 0.2) is 42.7 Å². The van der Waals surface area contributed by atoms with Crippen LogP contribution in [0.4, 0.5) is 0 Å². The average Bonchev–Trinajstić information content (AvgIpc) is 2.61. The second kappa shape index (κ2) is 8.27. The third-order valence-electron chi connectivity index (χ3n) is 4.65. The van der Waals surface area contributed by atoms with Gasteiger partial charge in [-0.25, -0.2) is 0 Å². The van der Waals surface area contributed by atoms with Crippen LogP contribution in [0.5, 0.6) is 5.75 Å². The van der Waals surface area contributed by atoms with Crippen molar-refractivity contribution in [3.8, 4) is 5.75 Å². The Balaban J connectivity index is 1.47. The SMILES string of the molecule is CCOc1ccc(CN2CCN(Cc3cnccc3C)CC2)cc1. The zero-order chi connectivity index (χ0) is 16.8. The van der Waals surface area contributed by atoms with Crippen LogP contribution >= 0.6 is 0 Å². The van der Waals surface area contributed by atoms with E-state index in [4.69, 9.17) is 4.74 Å². The van der Waals surface area contributed by atoms with Crippen LogP contribution in [0.3, 0.4) is 0 Å². The fourth-order valence-electron chi connectivity index (χ4n) is 3.12. The van der Waals surface area contributed by atoms with E-state index in [0.29, 0.717) is 0 Å². The van der Waals surface area contributed by atoms with Crippen molar-refractivity contribution in [3.05, 3.63) is 59.4 Å². The Morgan fingerprint density at radius 2 is 1.62 bits per heavy atom. The van der Waals surface area contributed by atoms with Gasteiger partial charge in [0, 0.05) is 51.7 Å². The van der Waals surface area contributed by atoms with Crippen molar-refractivity contribution in [2.45, 2.75) is 26.9 Å². The van der Waals surface area contributed by atoms with Gasteiger partial charge in [-0.3, -0.25) is 14.8 Å². The summed E-state index contributed by atoms with van der Waals surface area (Å²) in [7, 11) is 0. The van der Waals surface area contributed by atoms with E-state index in [-0.39, 0.29) is 0 Å². The zero-order valence-electron chi connectivity index (χ0n) is 14.7. The van der Waals surface area contributed by atoms with Crippen LogP contribution in [0.25, 0.3) is 0 Å². The number of nitrogens with zero attached hydrogens (tertiary/aromatic N) is 3. The largest absolute Gasteiger partial charge is 0.494 e. The van der Waals surface area contributed by atoms with E-state index in [2.05, 4.69) is 52.0 Å². The van der Waals surface area contributed by atoms with Crippen LogP contribution in [0, 0.1) is 6.92 Å². The van der Waals surface area contributed by atoms with E-state index in [0.717, 1.165) is 51.6 Å². The highest BCUT2D eigenvalue weighted by Crippen LogP contribution is 2.16. The van der Waals surface area contributed by atoms with Crippen LogP contribution < -0.4 is 4.74 Å². The smallest absolute Gasteiger partial charge is 0.119 e. The molecule has 0 atom stereocenters. The van der Waals surface area contributed by atoms with Gasteiger partial charge in [-0.05, 0) is 48.7 Å². The molecule has 1 saturated heterocycles. The van der Waals surface area contributed by atoms with Gasteiger partial charge < -0.3 is 4.74 Å². The minimum absolute atomic E-state index is 0.720. The highest BCUT2D eigenvalue weighted by molar-refractivity contribution is 5.27. The van der Waals surface area contributed by atoms with Crippen molar-refractivity contribution in [2.24, 2.45) is 0 Å². The van der Waals surface area contributed by atoms with Crippen molar-refractivity contribution < 1.29 is 4.74 Å². The van der Waals surface area contributed by atoms with Crippen LogP contribution in [-0.4, -0.2) is 47.6 Å². The standard InChI is InChI=1S/C20H27N3O/c1-3-24-20-6-4-18(5-7-20)15-22-10-12-23(13-11-22)16-19-14-21-9-8-17(19)2/h4-9,14H,3,10-13,15-16H2,1-2H3. The van der Waals surface area contributed by atoms with Gasteiger partial charge in [0.1, 0.15) is 5.75 Å². The molecule has 24 heavy (non-hydrogen) atoms. The number of hydrogen-bond acceptors (Lipinski definition) is 4. The maximum atomic E-state index is 5.51. The van der Waals surface area contributed by atoms with Crippen molar-refractivity contribution in [1.82, 2.24) is 14.8 Å². The minimum Gasteiger partial charge on any atom is -0.494 e. The molecule has 0 aliphatic carbocycles. The summed E-state index contributed by atoms with van der Waals surface area (Å²) in [6.07, 6.45) is 3.87. The molecular formula is C20H27N3O. The van der Waals surface area contributed by atoms with Crippen molar-refractivity contribution in [3.63, 3.8) is 0 Å². The molecular weight excluding hydrogens is 298 g/mol. The molecule has 1 aliphatic rings. The predicted octanol–water partition coefficient (Wildman–Crippen LogP) is 3.11. The lowest BCUT2D eigenvalue weighted by atomic mass is 10.1. The Kier molecular flexibility index (Phi) is 5.83. The molecule has 1 aliphatic heterocycles. The molecule has 0 spiro atoms. The first kappa shape index (κ1) is 16.9. The average molecular weight is 325 g/mol. The number of hydrogen-bond donors (Lipinski definition) is 0. The summed E-state index contributed by atoms with van der Waals surface area (Å²) in [5.41, 5.74) is 4.04. The van der Waals surface area contributed by atoms with Crippen molar-refractivity contribution in [1.29, 1.82) is 0 Å². The molecule has 3 rings (SSSR count). The minimum atomic E-state index is 0.720. The summed E-state index contributed by atoms with van der Waals surface area (Å²) < 4.78 is 5.51. The quantitative estimate of drug-likeness (QED) is 0.816. The topological polar surface area (TPSA) is 28.6 Å². The van der Waals surface area contributed by atoms with Gasteiger partial charge in [-0.15, -0.1) is 0 Å². The van der Waals surface area contributed by atoms with Crippen LogP contribution in [-0.2, 0) is 13.1 Å². The Hall–Kier alpha value is -1.91. The lowest BCUT2D eigenvalue weighted by Gasteiger charge is -2.35. The lowest BCUT2D eigenvalue weighted by Crippen LogP contribution is -2.45. The number of aryl methyl sites for hydroxylation is 1. The summed E-state index contributed by atoms with van der Waals surface area (Å²) in [5.74, 6) is 0.956. The second-order valence-electron chi connectivity index (χ2n) is 6.43. The third-order valence-corrected chi connectivity index (χ3v) is 4.65. The number of piperazine rings is 1. The van der Waals surface area contributed by atoms with Gasteiger partial charge in [0.05, 0.1) is 6.61 Å². The Morgan fingerprint density at radius 3 is 2.25 bits per heavy atom. The fraction of sp³-hybridized carbons (Fsp3) is 0.450. The maximum absolute atomic E-state index is 5.51. The van der Waals surface area contributed by atoms with E-state index in [1.54, 1.807) is 0 Å². The predicted molar refractivity (Wildman–Crippen MR) is 97.1 cm³/mol. The molecule has 1 aromatic heterocycles. The maximum Gasteiger partial charge on any atom is 0.119 e. The summed E-state index contributed by atoms with van der Waals surface area (Å²) in [5, 5.41) is 0. The van der Waals surface area contributed by atoms with Crippen LogP contribution in [0.2, 0.25) is 0 Å². The number of aromatic nitrogens is 1. The molecule has 4 heteroatoms. The van der Waals surface area contributed by atoms with Gasteiger partial charge in [0.25, 0.3) is 0 Å². The molecule has 0 unspecified atom stereocenters. The molecule has 0 N–H and O–H groups in total. The van der Waals surface area contributed by atoms with Crippen LogP contribution in [0.1, 0.15) is 23.6 Å². The van der Waals surface area contributed by atoms with E-state index in [9.17, 15) is 0 Å². The molecule has 1 aromatic carbocycles. The van der Waals surface area contributed by atoms with E-state index >= 15 is 0 Å². The van der Waals surface area contributed by atoms with E-state index in [1.165, 1.54) is 16.7 Å². The van der Waals surface area contributed by atoms with Gasteiger partial charge >= 0.3 is 0 Å². The highest BCUT2D eigenvalue weighted by atomic mass is 16.5. The number of ether oxygens (including phenoxy) is 1. The summed E-state index contributed by atoms with van der Waals surface area (Å²) in [6.45, 7) is 11.4. The van der Waals surface area contributed by atoms with Crippen molar-refractivity contribution >= 4 is 0 Å². The number of rotatable bonds is 6. The molecule has 2 heterocycles. The Morgan fingerprint density at radius 1 is 0.958 bits per heavy atom. The van der Waals surface area contributed by atoms with Gasteiger partial charge in [-0.2, -0.15) is 0 Å². The molecule has 4 nitrogen and oxygen atoms in total. The first-order chi connectivity index (χ1) is 11.7. The van der Waals surface area contributed by atoms with Gasteiger partial charge in [0.2, 0.25) is 0 Å². The molecule has 0 amide bonds. The summed E-state index contributed by atoms with van der Waals surface area (Å²) >= 11 is 0. The molecule has 0 saturated carbocycles. The third kappa shape index (κ3) is 4.56. The zero-order valence-corrected chi connectivity index (χ0v) is 14.7. The van der Waals surface area contributed by atoms with Crippen molar-refractivity contribution in [2.75, 3.05) is 32.8 Å². The number of benzene rings is 1. The van der Waals surface area contributed by atoms with E-state index < -0.39 is 0 Å². The fourth-order valence-corrected chi connectivity index (χ4v) is 3.12. The van der Waals surface area contributed by atoms with Gasteiger partial charge in [0.15, 0.2) is 0 Å². The molecule has 0 radical (unpaired) electrons. The number of pyridine rings is 1. The first-order valence-corrected chi connectivity index (χ1v) is 8.80. The summed E-state index contributed by atoms with van der Waals surface area (Å²) in [4.78, 5) is 9.31. The first-order valence-electron chi connectivity index (χ1n) is 8.80. The van der Waals surface area contributed by atoms with E-state index in [1.807, 2.05) is 19.3 Å².